The number of rotatable bonds is 2. The molecule has 0 spiro atoms. The molecule has 0 saturated heterocycles. The fourth-order valence-electron chi connectivity index (χ4n) is 1.56. The third-order valence-corrected chi connectivity index (χ3v) is 2.62. The molecule has 0 aliphatic carbocycles. The lowest BCUT2D eigenvalue weighted by Crippen LogP contribution is -1.93. The van der Waals surface area contributed by atoms with Gasteiger partial charge >= 0.3 is 0 Å². The van der Waals surface area contributed by atoms with Gasteiger partial charge in [0.2, 0.25) is 0 Å². The normalized spacial score (nSPS) is 10.4. The molecule has 0 radical (unpaired) electrons. The second kappa shape index (κ2) is 4.70. The van der Waals surface area contributed by atoms with Crippen LogP contribution in [0.5, 0.6) is 0 Å². The van der Waals surface area contributed by atoms with Gasteiger partial charge in [-0.05, 0) is 29.8 Å². The molecule has 2 aromatic carbocycles. The molecular formula is C12H6ClF2NO2. The van der Waals surface area contributed by atoms with Crippen LogP contribution in [0, 0.1) is 21.7 Å². The average molecular weight is 270 g/mol. The van der Waals surface area contributed by atoms with E-state index in [-0.39, 0.29) is 21.8 Å². The number of hydrogen-bond donors (Lipinski definition) is 0. The first-order chi connectivity index (χ1) is 8.49. The van der Waals surface area contributed by atoms with E-state index >= 15 is 0 Å². The fourth-order valence-corrected chi connectivity index (χ4v) is 1.73. The van der Waals surface area contributed by atoms with Gasteiger partial charge in [-0.1, -0.05) is 17.7 Å². The summed E-state index contributed by atoms with van der Waals surface area (Å²) in [5.74, 6) is -2.08. The highest BCUT2D eigenvalue weighted by Gasteiger charge is 2.16. The number of halogens is 3. The zero-order valence-corrected chi connectivity index (χ0v) is 9.62. The molecule has 0 fully saturated rings. The molecular weight excluding hydrogens is 264 g/mol. The predicted octanol–water partition coefficient (Wildman–Crippen LogP) is 4.19. The summed E-state index contributed by atoms with van der Waals surface area (Å²) in [6.07, 6.45) is 0. The maximum atomic E-state index is 13.1. The standard InChI is InChI=1S/C12H6ClF2NO2/c13-8-2-4-12(16(17)18)9(6-8)7-1-3-10(14)11(15)5-7/h1-6H. The minimum absolute atomic E-state index is 0.145. The molecule has 0 unspecified atom stereocenters. The van der Waals surface area contributed by atoms with Crippen LogP contribution in [0.25, 0.3) is 11.1 Å². The summed E-state index contributed by atoms with van der Waals surface area (Å²) in [5, 5.41) is 11.1. The fraction of sp³-hybridized carbons (Fsp3) is 0. The third kappa shape index (κ3) is 2.31. The molecule has 18 heavy (non-hydrogen) atoms. The molecule has 2 rings (SSSR count). The molecule has 2 aromatic rings. The van der Waals surface area contributed by atoms with Crippen molar-refractivity contribution in [2.24, 2.45) is 0 Å². The van der Waals surface area contributed by atoms with Crippen LogP contribution in [0.2, 0.25) is 5.02 Å². The van der Waals surface area contributed by atoms with Crippen molar-refractivity contribution >= 4 is 17.3 Å². The Morgan fingerprint density at radius 3 is 2.39 bits per heavy atom. The van der Waals surface area contributed by atoms with Crippen molar-refractivity contribution in [3.8, 4) is 11.1 Å². The molecule has 6 heteroatoms. The average Bonchev–Trinajstić information content (AvgIpc) is 2.32. The summed E-state index contributed by atoms with van der Waals surface area (Å²) in [6.45, 7) is 0. The molecule has 0 amide bonds. The Balaban J connectivity index is 2.65. The van der Waals surface area contributed by atoms with E-state index < -0.39 is 16.6 Å². The zero-order chi connectivity index (χ0) is 13.3. The van der Waals surface area contributed by atoms with Crippen LogP contribution in [0.15, 0.2) is 36.4 Å². The Morgan fingerprint density at radius 1 is 1.06 bits per heavy atom. The van der Waals surface area contributed by atoms with Crippen LogP contribution in [0.1, 0.15) is 0 Å². The molecule has 0 N–H and O–H groups in total. The molecule has 0 aromatic heterocycles. The van der Waals surface area contributed by atoms with Gasteiger partial charge in [0.1, 0.15) is 0 Å². The highest BCUT2D eigenvalue weighted by molar-refractivity contribution is 6.31. The summed E-state index contributed by atoms with van der Waals surface area (Å²) in [7, 11) is 0. The second-order valence-corrected chi connectivity index (χ2v) is 3.98. The Hall–Kier alpha value is -2.01. The topological polar surface area (TPSA) is 43.1 Å². The summed E-state index contributed by atoms with van der Waals surface area (Å²) >= 11 is 5.75. The highest BCUT2D eigenvalue weighted by Crippen LogP contribution is 2.32. The first-order valence-corrected chi connectivity index (χ1v) is 5.26. The first-order valence-electron chi connectivity index (χ1n) is 4.88. The maximum absolute atomic E-state index is 13.1. The largest absolute Gasteiger partial charge is 0.277 e. The van der Waals surface area contributed by atoms with E-state index in [9.17, 15) is 18.9 Å². The van der Waals surface area contributed by atoms with Crippen molar-refractivity contribution < 1.29 is 13.7 Å². The lowest BCUT2D eigenvalue weighted by Gasteiger charge is -2.04. The van der Waals surface area contributed by atoms with Crippen molar-refractivity contribution in [3.05, 3.63) is 63.2 Å². The zero-order valence-electron chi connectivity index (χ0n) is 8.86. The van der Waals surface area contributed by atoms with Crippen LogP contribution < -0.4 is 0 Å². The van der Waals surface area contributed by atoms with Gasteiger partial charge < -0.3 is 0 Å². The molecule has 0 saturated carbocycles. The van der Waals surface area contributed by atoms with Gasteiger partial charge in [-0.25, -0.2) is 8.78 Å². The molecule has 0 bridgehead atoms. The lowest BCUT2D eigenvalue weighted by atomic mass is 10.0. The van der Waals surface area contributed by atoms with E-state index in [0.717, 1.165) is 12.1 Å². The van der Waals surface area contributed by atoms with E-state index in [1.165, 1.54) is 24.3 Å². The summed E-state index contributed by atoms with van der Waals surface area (Å²) in [6, 6.07) is 6.99. The van der Waals surface area contributed by atoms with Crippen LogP contribution in [0.3, 0.4) is 0 Å². The maximum Gasteiger partial charge on any atom is 0.277 e. The van der Waals surface area contributed by atoms with E-state index in [4.69, 9.17) is 11.6 Å². The molecule has 0 aliphatic rings. The number of nitro benzene ring substituents is 1. The number of nitro groups is 1. The van der Waals surface area contributed by atoms with Crippen LogP contribution in [-0.4, -0.2) is 4.92 Å². The Kier molecular flexibility index (Phi) is 3.25. The first kappa shape index (κ1) is 12.4. The number of hydrogen-bond acceptors (Lipinski definition) is 2. The molecule has 3 nitrogen and oxygen atoms in total. The van der Waals surface area contributed by atoms with Crippen LogP contribution in [0.4, 0.5) is 14.5 Å². The Bertz CT molecular complexity index is 631. The lowest BCUT2D eigenvalue weighted by molar-refractivity contribution is -0.384. The van der Waals surface area contributed by atoms with Crippen LogP contribution >= 0.6 is 11.6 Å². The van der Waals surface area contributed by atoms with Gasteiger partial charge in [0, 0.05) is 11.1 Å². The van der Waals surface area contributed by atoms with Gasteiger partial charge in [0.25, 0.3) is 5.69 Å². The van der Waals surface area contributed by atoms with Gasteiger partial charge in [0.05, 0.1) is 10.5 Å². The molecule has 0 atom stereocenters. The highest BCUT2D eigenvalue weighted by atomic mass is 35.5. The summed E-state index contributed by atoms with van der Waals surface area (Å²) in [4.78, 5) is 10.2. The van der Waals surface area contributed by atoms with Crippen molar-refractivity contribution in [1.82, 2.24) is 0 Å². The minimum Gasteiger partial charge on any atom is -0.258 e. The van der Waals surface area contributed by atoms with Crippen molar-refractivity contribution in [1.29, 1.82) is 0 Å². The van der Waals surface area contributed by atoms with E-state index in [0.29, 0.717) is 0 Å². The SMILES string of the molecule is O=[N+]([O-])c1ccc(Cl)cc1-c1ccc(F)c(F)c1. The second-order valence-electron chi connectivity index (χ2n) is 3.55. The van der Waals surface area contributed by atoms with E-state index in [1.807, 2.05) is 0 Å². The van der Waals surface area contributed by atoms with E-state index in [2.05, 4.69) is 0 Å². The smallest absolute Gasteiger partial charge is 0.258 e. The minimum atomic E-state index is -1.07. The van der Waals surface area contributed by atoms with E-state index in [1.54, 1.807) is 0 Å². The third-order valence-electron chi connectivity index (χ3n) is 2.39. The molecule has 0 aliphatic heterocycles. The van der Waals surface area contributed by atoms with Gasteiger partial charge in [0.15, 0.2) is 11.6 Å². The quantitative estimate of drug-likeness (QED) is 0.606. The molecule has 0 heterocycles. The summed E-state index contributed by atoms with van der Waals surface area (Å²) < 4.78 is 25.9. The predicted molar refractivity (Wildman–Crippen MR) is 63.5 cm³/mol. The van der Waals surface area contributed by atoms with Crippen molar-refractivity contribution in [3.63, 3.8) is 0 Å². The van der Waals surface area contributed by atoms with Gasteiger partial charge in [-0.2, -0.15) is 0 Å². The van der Waals surface area contributed by atoms with Crippen molar-refractivity contribution in [2.75, 3.05) is 0 Å². The Morgan fingerprint density at radius 2 is 1.78 bits per heavy atom. The van der Waals surface area contributed by atoms with Gasteiger partial charge in [-0.15, -0.1) is 0 Å². The van der Waals surface area contributed by atoms with Crippen molar-refractivity contribution in [2.45, 2.75) is 0 Å². The number of benzene rings is 2. The summed E-state index contributed by atoms with van der Waals surface area (Å²) in [5.41, 5.74) is 0.125. The monoisotopic (exact) mass is 269 g/mol. The molecule has 92 valence electrons. The number of nitrogens with zero attached hydrogens (tertiary/aromatic N) is 1. The Labute approximate surface area is 106 Å². The van der Waals surface area contributed by atoms with Crippen LogP contribution in [-0.2, 0) is 0 Å². The van der Waals surface area contributed by atoms with Gasteiger partial charge in [-0.3, -0.25) is 10.1 Å².